The minimum atomic E-state index is -1.29. The highest BCUT2D eigenvalue weighted by molar-refractivity contribution is 5.93. The summed E-state index contributed by atoms with van der Waals surface area (Å²) in [6, 6.07) is 3.01. The molecular formula is C21H26FN3O3. The van der Waals surface area contributed by atoms with Crippen LogP contribution < -0.4 is 16.1 Å². The van der Waals surface area contributed by atoms with Crippen LogP contribution in [-0.4, -0.2) is 34.8 Å². The molecule has 2 fully saturated rings. The summed E-state index contributed by atoms with van der Waals surface area (Å²) in [5.41, 5.74) is 6.43. The van der Waals surface area contributed by atoms with Gasteiger partial charge in [0.05, 0.1) is 11.2 Å². The molecule has 2 aliphatic rings. The maximum absolute atomic E-state index is 15.0. The molecule has 2 aromatic rings. The number of rotatable bonds is 5. The van der Waals surface area contributed by atoms with Crippen LogP contribution in [0.15, 0.2) is 23.1 Å². The number of pyridine rings is 1. The number of fused-ring (bicyclic) bond motifs is 1. The molecule has 1 aliphatic carbocycles. The van der Waals surface area contributed by atoms with E-state index in [1.807, 2.05) is 9.47 Å². The topological polar surface area (TPSA) is 88.6 Å². The van der Waals surface area contributed by atoms with Crippen LogP contribution in [-0.2, 0) is 0 Å². The molecule has 0 bridgehead atoms. The van der Waals surface area contributed by atoms with Crippen LogP contribution in [0.25, 0.3) is 10.9 Å². The summed E-state index contributed by atoms with van der Waals surface area (Å²) in [5, 5.41) is 9.48. The van der Waals surface area contributed by atoms with Crippen molar-refractivity contribution < 1.29 is 14.3 Å². The van der Waals surface area contributed by atoms with Crippen LogP contribution in [0.1, 0.15) is 55.9 Å². The van der Waals surface area contributed by atoms with E-state index in [4.69, 9.17) is 5.73 Å². The van der Waals surface area contributed by atoms with Crippen LogP contribution in [0.3, 0.4) is 0 Å². The van der Waals surface area contributed by atoms with Crippen molar-refractivity contribution in [3.63, 3.8) is 0 Å². The lowest BCUT2D eigenvalue weighted by Gasteiger charge is -2.30. The lowest BCUT2D eigenvalue weighted by atomic mass is 9.78. The third-order valence-electron chi connectivity index (χ3n) is 6.73. The van der Waals surface area contributed by atoms with Crippen LogP contribution in [0.5, 0.6) is 0 Å². The number of hydrogen-bond acceptors (Lipinski definition) is 4. The first-order chi connectivity index (χ1) is 13.3. The molecule has 1 saturated heterocycles. The number of aromatic carboxylic acids is 1. The second-order valence-electron chi connectivity index (χ2n) is 8.19. The van der Waals surface area contributed by atoms with Crippen molar-refractivity contribution in [1.29, 1.82) is 0 Å². The minimum absolute atomic E-state index is 0.0439. The number of carboxylic acid groups (broad SMARTS) is 1. The van der Waals surface area contributed by atoms with E-state index in [2.05, 4.69) is 13.8 Å². The summed E-state index contributed by atoms with van der Waals surface area (Å²) >= 11 is 0. The van der Waals surface area contributed by atoms with Gasteiger partial charge < -0.3 is 20.3 Å². The van der Waals surface area contributed by atoms with Gasteiger partial charge >= 0.3 is 5.97 Å². The van der Waals surface area contributed by atoms with E-state index in [9.17, 15) is 14.7 Å². The molecule has 2 heterocycles. The Balaban J connectivity index is 1.87. The highest BCUT2D eigenvalue weighted by atomic mass is 19.1. The lowest BCUT2D eigenvalue weighted by Crippen LogP contribution is -2.39. The molecule has 1 aliphatic heterocycles. The molecule has 1 saturated carbocycles. The third-order valence-corrected chi connectivity index (χ3v) is 6.73. The fourth-order valence-corrected chi connectivity index (χ4v) is 4.58. The van der Waals surface area contributed by atoms with E-state index in [0.717, 1.165) is 25.7 Å². The van der Waals surface area contributed by atoms with Gasteiger partial charge in [0.1, 0.15) is 11.4 Å². The molecule has 1 unspecified atom stereocenters. The Bertz CT molecular complexity index is 1010. The molecule has 0 radical (unpaired) electrons. The average molecular weight is 387 g/mol. The third kappa shape index (κ3) is 2.80. The van der Waals surface area contributed by atoms with E-state index in [1.165, 1.54) is 12.3 Å². The van der Waals surface area contributed by atoms with Gasteiger partial charge in [0, 0.05) is 42.2 Å². The number of aromatic nitrogens is 1. The monoisotopic (exact) mass is 387 g/mol. The zero-order chi connectivity index (χ0) is 20.2. The Hall–Kier alpha value is -2.41. The average Bonchev–Trinajstić information content (AvgIpc) is 3.45. The summed E-state index contributed by atoms with van der Waals surface area (Å²) in [5.74, 6) is -1.79. The predicted octanol–water partition coefficient (Wildman–Crippen LogP) is 3.13. The number of nitrogens with two attached hydrogens (primary N) is 1. The fraction of sp³-hybridized carbons (Fsp3) is 0.524. The maximum Gasteiger partial charge on any atom is 0.341 e. The van der Waals surface area contributed by atoms with E-state index < -0.39 is 17.2 Å². The van der Waals surface area contributed by atoms with Gasteiger partial charge in [0.15, 0.2) is 0 Å². The molecule has 1 aromatic heterocycles. The molecule has 0 amide bonds. The predicted molar refractivity (Wildman–Crippen MR) is 107 cm³/mol. The summed E-state index contributed by atoms with van der Waals surface area (Å²) < 4.78 is 16.9. The van der Waals surface area contributed by atoms with Gasteiger partial charge in [-0.15, -0.1) is 0 Å². The first-order valence-corrected chi connectivity index (χ1v) is 9.93. The van der Waals surface area contributed by atoms with Crippen LogP contribution in [0, 0.1) is 11.2 Å². The SMILES string of the molecule is CCC1(CC)CN(c2cc3c(cc2F)c(=O)c(C(=O)O)cn3C2CC2)CC1N. The molecule has 150 valence electrons. The molecule has 4 rings (SSSR count). The highest BCUT2D eigenvalue weighted by Gasteiger charge is 2.42. The molecule has 1 aromatic carbocycles. The summed E-state index contributed by atoms with van der Waals surface area (Å²) in [4.78, 5) is 26.0. The molecule has 1 atom stereocenters. The number of nitrogens with zero attached hydrogens (tertiary/aromatic N) is 2. The van der Waals surface area contributed by atoms with Crippen molar-refractivity contribution in [3.05, 3.63) is 39.9 Å². The van der Waals surface area contributed by atoms with Crippen molar-refractivity contribution in [2.45, 2.75) is 51.6 Å². The normalized spacial score (nSPS) is 21.4. The van der Waals surface area contributed by atoms with E-state index in [-0.39, 0.29) is 28.4 Å². The van der Waals surface area contributed by atoms with Crippen LogP contribution >= 0.6 is 0 Å². The molecule has 0 spiro atoms. The summed E-state index contributed by atoms with van der Waals surface area (Å²) in [6.07, 6.45) is 5.10. The van der Waals surface area contributed by atoms with Gasteiger partial charge in [-0.25, -0.2) is 9.18 Å². The molecular weight excluding hydrogens is 361 g/mol. The number of anilines is 1. The number of carboxylic acids is 1. The van der Waals surface area contributed by atoms with Crippen molar-refractivity contribution in [2.75, 3.05) is 18.0 Å². The quantitative estimate of drug-likeness (QED) is 0.823. The standard InChI is InChI=1S/C21H26FN3O3/c1-3-21(4-2)11-24(10-18(21)23)17-8-16-13(7-15(17)22)19(26)14(20(27)28)9-25(16)12-5-6-12/h7-9,12,18H,3-6,10-11,23H2,1-2H3,(H,27,28). The van der Waals surface area contributed by atoms with Gasteiger partial charge in [0.2, 0.25) is 5.43 Å². The number of hydrogen-bond donors (Lipinski definition) is 2. The van der Waals surface area contributed by atoms with Crippen molar-refractivity contribution in [3.8, 4) is 0 Å². The van der Waals surface area contributed by atoms with Gasteiger partial charge in [-0.3, -0.25) is 4.79 Å². The van der Waals surface area contributed by atoms with Crippen molar-refractivity contribution in [1.82, 2.24) is 4.57 Å². The summed E-state index contributed by atoms with van der Waals surface area (Å²) in [7, 11) is 0. The molecule has 28 heavy (non-hydrogen) atoms. The zero-order valence-electron chi connectivity index (χ0n) is 16.2. The minimum Gasteiger partial charge on any atom is -0.477 e. The Labute approximate surface area is 162 Å². The second-order valence-corrected chi connectivity index (χ2v) is 8.19. The van der Waals surface area contributed by atoms with Gasteiger partial charge in [0.25, 0.3) is 0 Å². The van der Waals surface area contributed by atoms with E-state index in [0.29, 0.717) is 24.3 Å². The Morgan fingerprint density at radius 1 is 1.32 bits per heavy atom. The first kappa shape index (κ1) is 18.9. The lowest BCUT2D eigenvalue weighted by molar-refractivity contribution is 0.0695. The Morgan fingerprint density at radius 2 is 2.00 bits per heavy atom. The summed E-state index contributed by atoms with van der Waals surface area (Å²) in [6.45, 7) is 5.46. The van der Waals surface area contributed by atoms with Gasteiger partial charge in [-0.05, 0) is 37.8 Å². The number of benzene rings is 1. The van der Waals surface area contributed by atoms with Crippen molar-refractivity contribution in [2.24, 2.45) is 11.1 Å². The van der Waals surface area contributed by atoms with Gasteiger partial charge in [-0.2, -0.15) is 0 Å². The smallest absolute Gasteiger partial charge is 0.341 e. The fourth-order valence-electron chi connectivity index (χ4n) is 4.58. The largest absolute Gasteiger partial charge is 0.477 e. The maximum atomic E-state index is 15.0. The van der Waals surface area contributed by atoms with Crippen LogP contribution in [0.4, 0.5) is 10.1 Å². The molecule has 6 nitrogen and oxygen atoms in total. The molecule has 7 heteroatoms. The molecule has 3 N–H and O–H groups in total. The Morgan fingerprint density at radius 3 is 2.54 bits per heavy atom. The van der Waals surface area contributed by atoms with Crippen LogP contribution in [0.2, 0.25) is 0 Å². The Kier molecular flexibility index (Phi) is 4.45. The number of halogens is 1. The van der Waals surface area contributed by atoms with E-state index >= 15 is 4.39 Å². The highest BCUT2D eigenvalue weighted by Crippen LogP contribution is 2.41. The number of carbonyl (C=O) groups is 1. The van der Waals surface area contributed by atoms with Crippen molar-refractivity contribution >= 4 is 22.6 Å². The second kappa shape index (κ2) is 6.58. The zero-order valence-corrected chi connectivity index (χ0v) is 16.2. The van der Waals surface area contributed by atoms with Gasteiger partial charge in [-0.1, -0.05) is 13.8 Å². The first-order valence-electron chi connectivity index (χ1n) is 9.93. The van der Waals surface area contributed by atoms with E-state index in [1.54, 1.807) is 6.07 Å².